The zero-order valence-electron chi connectivity index (χ0n) is 20.7. The van der Waals surface area contributed by atoms with E-state index in [1.165, 1.54) is 4.90 Å². The summed E-state index contributed by atoms with van der Waals surface area (Å²) < 4.78 is 6.13. The van der Waals surface area contributed by atoms with Crippen LogP contribution in [0.5, 0.6) is 5.75 Å². The lowest BCUT2D eigenvalue weighted by molar-refractivity contribution is -0.135. The molecule has 0 atom stereocenters. The maximum absolute atomic E-state index is 12.7. The predicted molar refractivity (Wildman–Crippen MR) is 153 cm³/mol. The molecule has 198 valence electrons. The van der Waals surface area contributed by atoms with Crippen molar-refractivity contribution < 1.29 is 14.3 Å². The molecule has 3 aromatic rings. The number of benzene rings is 3. The van der Waals surface area contributed by atoms with Gasteiger partial charge in [0.15, 0.2) is 0 Å². The van der Waals surface area contributed by atoms with Gasteiger partial charge in [0.25, 0.3) is 0 Å². The maximum Gasteiger partial charge on any atom is 0.316 e. The molecular formula is C27H33Cl2N5O3. The number of hydrogen-bond acceptors (Lipinski definition) is 5. The number of amides is 2. The molecule has 0 bridgehead atoms. The van der Waals surface area contributed by atoms with Crippen molar-refractivity contribution in [2.45, 2.75) is 38.8 Å². The Hall–Kier alpha value is -3.49. The Morgan fingerprint density at radius 3 is 2.27 bits per heavy atom. The predicted octanol–water partition coefficient (Wildman–Crippen LogP) is 4.51. The Balaban J connectivity index is 0.00000241. The third kappa shape index (κ3) is 7.27. The molecule has 0 radical (unpaired) electrons. The van der Waals surface area contributed by atoms with Crippen LogP contribution < -0.4 is 21.1 Å². The summed E-state index contributed by atoms with van der Waals surface area (Å²) in [7, 11) is 0. The number of halogens is 2. The van der Waals surface area contributed by atoms with E-state index in [-0.39, 0.29) is 37.5 Å². The Bertz CT molecular complexity index is 1240. The number of carbonyl (C=O) groups is 2. The number of fused-ring (bicyclic) bond motifs is 1. The summed E-state index contributed by atoms with van der Waals surface area (Å²) in [6.07, 6.45) is 2.52. The standard InChI is InChI=1S/C27H31N5O3.2ClH/c1-2-25(29)31-13-11-24(12-14-31)35-23-9-7-22(8-10-23)32(27(34)26(30)33)17-18-3-4-19-5-6-21(28)16-20(19)15-18;;/h3-10,15-16,24,29H,2,11-14,17,28H2,1H3,(H2,30,33);2*1H. The maximum atomic E-state index is 12.7. The molecular weight excluding hydrogens is 513 g/mol. The van der Waals surface area contributed by atoms with Gasteiger partial charge in [-0.15, -0.1) is 24.8 Å². The SMILES string of the molecule is CCC(=N)N1CCC(Oc2ccc(N(Cc3ccc4ccc(N)cc4c3)C(=O)C(N)=O)cc2)CC1.Cl.Cl. The quantitative estimate of drug-likeness (QED) is 0.182. The van der Waals surface area contributed by atoms with Crippen LogP contribution in [0.3, 0.4) is 0 Å². The van der Waals surface area contributed by atoms with Crippen LogP contribution in [0.4, 0.5) is 11.4 Å². The van der Waals surface area contributed by atoms with E-state index in [9.17, 15) is 9.59 Å². The minimum atomic E-state index is -1.01. The molecule has 4 rings (SSSR count). The van der Waals surface area contributed by atoms with Gasteiger partial charge in [-0.05, 0) is 58.8 Å². The van der Waals surface area contributed by atoms with Gasteiger partial charge in [0.2, 0.25) is 0 Å². The lowest BCUT2D eigenvalue weighted by Crippen LogP contribution is -2.41. The first-order valence-electron chi connectivity index (χ1n) is 11.8. The second kappa shape index (κ2) is 13.2. The number of primary amides is 1. The van der Waals surface area contributed by atoms with Crippen LogP contribution in [-0.4, -0.2) is 41.7 Å². The van der Waals surface area contributed by atoms with E-state index in [4.69, 9.17) is 21.6 Å². The molecule has 0 aromatic heterocycles. The number of nitrogens with one attached hydrogen (secondary N) is 1. The highest BCUT2D eigenvalue weighted by Crippen LogP contribution is 2.26. The van der Waals surface area contributed by atoms with Crippen LogP contribution in [0, 0.1) is 5.41 Å². The molecule has 1 aliphatic rings. The zero-order chi connectivity index (χ0) is 24.9. The van der Waals surface area contributed by atoms with E-state index in [2.05, 4.69) is 4.90 Å². The molecule has 1 heterocycles. The lowest BCUT2D eigenvalue weighted by atomic mass is 10.1. The van der Waals surface area contributed by atoms with Crippen molar-refractivity contribution in [1.82, 2.24) is 4.90 Å². The van der Waals surface area contributed by atoms with Gasteiger partial charge in [-0.2, -0.15) is 0 Å². The van der Waals surface area contributed by atoms with Crippen LogP contribution in [0.25, 0.3) is 10.8 Å². The minimum Gasteiger partial charge on any atom is -0.490 e. The molecule has 0 unspecified atom stereocenters. The van der Waals surface area contributed by atoms with Crippen LogP contribution >= 0.6 is 24.8 Å². The average molecular weight is 546 g/mol. The zero-order valence-corrected chi connectivity index (χ0v) is 22.3. The molecule has 1 saturated heterocycles. The lowest BCUT2D eigenvalue weighted by Gasteiger charge is -2.33. The topological polar surface area (TPSA) is 126 Å². The van der Waals surface area contributed by atoms with Gasteiger partial charge in [-0.1, -0.05) is 25.1 Å². The summed E-state index contributed by atoms with van der Waals surface area (Å²) in [6, 6.07) is 18.6. The summed E-state index contributed by atoms with van der Waals surface area (Å²) in [6.45, 7) is 3.81. The van der Waals surface area contributed by atoms with Crippen molar-refractivity contribution in [2.24, 2.45) is 5.73 Å². The summed E-state index contributed by atoms with van der Waals surface area (Å²) in [5.41, 5.74) is 13.3. The molecule has 3 aromatic carbocycles. The number of rotatable bonds is 6. The Morgan fingerprint density at radius 2 is 1.65 bits per heavy atom. The van der Waals surface area contributed by atoms with Gasteiger partial charge in [0, 0.05) is 43.7 Å². The van der Waals surface area contributed by atoms with Crippen molar-refractivity contribution in [3.05, 3.63) is 66.2 Å². The van der Waals surface area contributed by atoms with Crippen molar-refractivity contribution >= 4 is 64.6 Å². The Morgan fingerprint density at radius 1 is 1.00 bits per heavy atom. The van der Waals surface area contributed by atoms with Crippen LogP contribution in [-0.2, 0) is 16.1 Å². The van der Waals surface area contributed by atoms with Gasteiger partial charge in [-0.3, -0.25) is 19.9 Å². The first kappa shape index (κ1) is 29.7. The highest BCUT2D eigenvalue weighted by atomic mass is 35.5. The third-order valence-electron chi connectivity index (χ3n) is 6.34. The monoisotopic (exact) mass is 545 g/mol. The summed E-state index contributed by atoms with van der Waals surface area (Å²) in [5, 5.41) is 9.98. The summed E-state index contributed by atoms with van der Waals surface area (Å²) in [4.78, 5) is 27.9. The normalized spacial score (nSPS) is 13.3. The fourth-order valence-electron chi connectivity index (χ4n) is 4.37. The average Bonchev–Trinajstić information content (AvgIpc) is 2.87. The van der Waals surface area contributed by atoms with E-state index in [0.29, 0.717) is 23.0 Å². The molecule has 0 saturated carbocycles. The number of nitrogens with zero attached hydrogens (tertiary/aromatic N) is 2. The van der Waals surface area contributed by atoms with E-state index >= 15 is 0 Å². The second-order valence-corrected chi connectivity index (χ2v) is 8.79. The summed E-state index contributed by atoms with van der Waals surface area (Å²) in [5.74, 6) is -0.427. The summed E-state index contributed by atoms with van der Waals surface area (Å²) >= 11 is 0. The van der Waals surface area contributed by atoms with Gasteiger partial charge in [0.1, 0.15) is 11.9 Å². The van der Waals surface area contributed by atoms with Gasteiger partial charge in [-0.25, -0.2) is 0 Å². The van der Waals surface area contributed by atoms with Crippen molar-refractivity contribution in [1.29, 1.82) is 5.41 Å². The molecule has 1 fully saturated rings. The number of nitrogens with two attached hydrogens (primary N) is 2. The number of anilines is 2. The molecule has 37 heavy (non-hydrogen) atoms. The first-order valence-corrected chi connectivity index (χ1v) is 11.8. The molecule has 8 nitrogen and oxygen atoms in total. The fraction of sp³-hybridized carbons (Fsp3) is 0.296. The van der Waals surface area contributed by atoms with E-state index in [1.807, 2.05) is 43.3 Å². The highest BCUT2D eigenvalue weighted by molar-refractivity contribution is 6.39. The number of piperidine rings is 1. The minimum absolute atomic E-state index is 0. The van der Waals surface area contributed by atoms with Gasteiger partial charge in [0.05, 0.1) is 12.4 Å². The Kier molecular flexibility index (Phi) is 10.6. The smallest absolute Gasteiger partial charge is 0.316 e. The van der Waals surface area contributed by atoms with Gasteiger partial charge < -0.3 is 21.1 Å². The van der Waals surface area contributed by atoms with Crippen molar-refractivity contribution in [2.75, 3.05) is 23.7 Å². The number of nitrogen functional groups attached to an aromatic ring is 1. The highest BCUT2D eigenvalue weighted by Gasteiger charge is 2.23. The van der Waals surface area contributed by atoms with E-state index in [1.54, 1.807) is 24.3 Å². The molecule has 10 heteroatoms. The number of hydrogen-bond donors (Lipinski definition) is 3. The fourth-order valence-corrected chi connectivity index (χ4v) is 4.37. The number of likely N-dealkylation sites (tertiary alicyclic amines) is 1. The second-order valence-electron chi connectivity index (χ2n) is 8.79. The molecule has 5 N–H and O–H groups in total. The number of ether oxygens (including phenoxy) is 1. The largest absolute Gasteiger partial charge is 0.490 e. The van der Waals surface area contributed by atoms with Gasteiger partial charge >= 0.3 is 11.8 Å². The number of carbonyl (C=O) groups excluding carboxylic acids is 2. The van der Waals surface area contributed by atoms with Crippen molar-refractivity contribution in [3.8, 4) is 5.75 Å². The third-order valence-corrected chi connectivity index (χ3v) is 6.34. The molecule has 0 aliphatic carbocycles. The van der Waals surface area contributed by atoms with Crippen LogP contribution in [0.15, 0.2) is 60.7 Å². The Labute approximate surface area is 229 Å². The molecule has 0 spiro atoms. The van der Waals surface area contributed by atoms with E-state index < -0.39 is 11.8 Å². The first-order chi connectivity index (χ1) is 16.8. The number of amidine groups is 1. The van der Waals surface area contributed by atoms with E-state index in [0.717, 1.165) is 48.7 Å². The van der Waals surface area contributed by atoms with Crippen LogP contribution in [0.1, 0.15) is 31.7 Å². The van der Waals surface area contributed by atoms with Crippen molar-refractivity contribution in [3.63, 3.8) is 0 Å². The molecule has 1 aliphatic heterocycles. The molecule has 2 amide bonds. The van der Waals surface area contributed by atoms with Crippen LogP contribution in [0.2, 0.25) is 0 Å².